The SMILES string of the molecule is COc1cc(C)c(-c2nc3ccccc3c(=O)n2N=Cc2cc(Cl)cc([N+](=O)[O-])c2OCc2ccc(F)cc2)cc1C(C)C. The van der Waals surface area contributed by atoms with Gasteiger partial charge in [-0.2, -0.15) is 9.78 Å². The van der Waals surface area contributed by atoms with Gasteiger partial charge in [-0.05, 0) is 72.0 Å². The molecular formula is C33H28ClFN4O5. The summed E-state index contributed by atoms with van der Waals surface area (Å²) in [7, 11) is 1.61. The van der Waals surface area contributed by atoms with Crippen LogP contribution in [0.15, 0.2) is 82.7 Å². The normalized spacial score (nSPS) is 11.4. The fraction of sp³-hybridized carbons (Fsp3) is 0.182. The number of ether oxygens (including phenoxy) is 2. The predicted molar refractivity (Wildman–Crippen MR) is 169 cm³/mol. The molecule has 0 unspecified atom stereocenters. The fourth-order valence-corrected chi connectivity index (χ4v) is 5.04. The lowest BCUT2D eigenvalue weighted by Gasteiger charge is -2.17. The van der Waals surface area contributed by atoms with Gasteiger partial charge in [0, 0.05) is 22.2 Å². The van der Waals surface area contributed by atoms with Crippen LogP contribution in [0.25, 0.3) is 22.3 Å². The van der Waals surface area contributed by atoms with Crippen molar-refractivity contribution in [1.29, 1.82) is 0 Å². The molecule has 5 rings (SSSR count). The number of rotatable bonds is 9. The van der Waals surface area contributed by atoms with E-state index in [0.29, 0.717) is 27.8 Å². The maximum atomic E-state index is 13.9. The molecular weight excluding hydrogens is 587 g/mol. The van der Waals surface area contributed by atoms with Gasteiger partial charge in [0.1, 0.15) is 18.2 Å². The topological polar surface area (TPSA) is 109 Å². The molecule has 1 aromatic heterocycles. The average Bonchev–Trinajstić information content (AvgIpc) is 3.00. The van der Waals surface area contributed by atoms with Gasteiger partial charge in [-0.3, -0.25) is 14.9 Å². The number of nitro benzene ring substituents is 1. The number of halogens is 2. The first kappa shape index (κ1) is 30.4. The molecule has 0 atom stereocenters. The average molecular weight is 615 g/mol. The van der Waals surface area contributed by atoms with E-state index < -0.39 is 22.0 Å². The van der Waals surface area contributed by atoms with Crippen molar-refractivity contribution in [2.24, 2.45) is 5.10 Å². The van der Waals surface area contributed by atoms with E-state index in [-0.39, 0.29) is 34.7 Å². The van der Waals surface area contributed by atoms with Crippen molar-refractivity contribution in [1.82, 2.24) is 9.66 Å². The van der Waals surface area contributed by atoms with Gasteiger partial charge in [0.15, 0.2) is 5.82 Å². The van der Waals surface area contributed by atoms with Crippen molar-refractivity contribution in [2.45, 2.75) is 33.3 Å². The van der Waals surface area contributed by atoms with Gasteiger partial charge in [0.2, 0.25) is 5.75 Å². The Hall–Kier alpha value is -5.09. The first-order valence-electron chi connectivity index (χ1n) is 13.7. The molecule has 0 N–H and O–H groups in total. The maximum absolute atomic E-state index is 13.9. The van der Waals surface area contributed by atoms with E-state index in [0.717, 1.165) is 15.8 Å². The van der Waals surface area contributed by atoms with Crippen molar-refractivity contribution in [3.05, 3.63) is 126 Å². The Morgan fingerprint density at radius 1 is 1.11 bits per heavy atom. The standard InChI is InChI=1S/C33H28ClFN4O5/c1-19(2)26-16-27(20(3)13-30(26)43-4)32-37-28-8-6-5-7-25(28)33(40)38(32)36-17-22-14-23(34)15-29(39(41)42)31(22)44-18-21-9-11-24(35)12-10-21/h5-17,19H,18H2,1-4H3. The Labute approximate surface area is 257 Å². The van der Waals surface area contributed by atoms with Crippen LogP contribution >= 0.6 is 11.6 Å². The second-order valence-corrected chi connectivity index (χ2v) is 10.8. The zero-order valence-corrected chi connectivity index (χ0v) is 25.1. The highest BCUT2D eigenvalue weighted by Gasteiger charge is 2.22. The largest absolute Gasteiger partial charge is 0.496 e. The van der Waals surface area contributed by atoms with Crippen LogP contribution in [0.1, 0.15) is 42.0 Å². The van der Waals surface area contributed by atoms with E-state index in [9.17, 15) is 19.3 Å². The second-order valence-electron chi connectivity index (χ2n) is 10.4. The van der Waals surface area contributed by atoms with Crippen molar-refractivity contribution >= 4 is 34.4 Å². The summed E-state index contributed by atoms with van der Waals surface area (Å²) in [5, 5.41) is 16.9. The highest BCUT2D eigenvalue weighted by molar-refractivity contribution is 6.31. The first-order valence-corrected chi connectivity index (χ1v) is 14.1. The Morgan fingerprint density at radius 3 is 2.52 bits per heavy atom. The molecule has 224 valence electrons. The van der Waals surface area contributed by atoms with E-state index in [4.69, 9.17) is 26.1 Å². The number of fused-ring (bicyclic) bond motifs is 1. The summed E-state index contributed by atoms with van der Waals surface area (Å²) in [6.45, 7) is 5.87. The molecule has 11 heteroatoms. The molecule has 0 amide bonds. The minimum Gasteiger partial charge on any atom is -0.496 e. The Kier molecular flexibility index (Phi) is 8.73. The number of aromatic nitrogens is 2. The van der Waals surface area contributed by atoms with Gasteiger partial charge in [0.05, 0.1) is 29.2 Å². The van der Waals surface area contributed by atoms with Crippen LogP contribution in [-0.4, -0.2) is 27.9 Å². The van der Waals surface area contributed by atoms with Crippen LogP contribution < -0.4 is 15.0 Å². The molecule has 1 heterocycles. The van der Waals surface area contributed by atoms with E-state index in [1.165, 1.54) is 42.6 Å². The van der Waals surface area contributed by atoms with Crippen LogP contribution in [0.2, 0.25) is 5.02 Å². The van der Waals surface area contributed by atoms with Crippen LogP contribution in [-0.2, 0) is 6.61 Å². The highest BCUT2D eigenvalue weighted by Crippen LogP contribution is 2.36. The van der Waals surface area contributed by atoms with Gasteiger partial charge in [0.25, 0.3) is 5.56 Å². The molecule has 0 bridgehead atoms. The van der Waals surface area contributed by atoms with Gasteiger partial charge in [-0.25, -0.2) is 9.37 Å². The molecule has 0 aliphatic carbocycles. The lowest BCUT2D eigenvalue weighted by molar-refractivity contribution is -0.385. The Balaban J connectivity index is 1.69. The molecule has 44 heavy (non-hydrogen) atoms. The van der Waals surface area contributed by atoms with Crippen LogP contribution in [0, 0.1) is 22.9 Å². The maximum Gasteiger partial charge on any atom is 0.313 e. The van der Waals surface area contributed by atoms with Gasteiger partial charge in [-0.1, -0.05) is 49.7 Å². The van der Waals surface area contributed by atoms with Crippen molar-refractivity contribution in [2.75, 3.05) is 7.11 Å². The molecule has 0 radical (unpaired) electrons. The summed E-state index contributed by atoms with van der Waals surface area (Å²) in [6, 6.07) is 18.9. The summed E-state index contributed by atoms with van der Waals surface area (Å²) in [6.07, 6.45) is 1.28. The Bertz CT molecular complexity index is 1970. The smallest absolute Gasteiger partial charge is 0.313 e. The van der Waals surface area contributed by atoms with E-state index in [1.807, 2.05) is 32.9 Å². The molecule has 4 aromatic carbocycles. The quantitative estimate of drug-likeness (QED) is 0.0957. The number of hydrogen-bond acceptors (Lipinski definition) is 7. The van der Waals surface area contributed by atoms with Crippen molar-refractivity contribution in [3.8, 4) is 22.9 Å². The van der Waals surface area contributed by atoms with Crippen molar-refractivity contribution in [3.63, 3.8) is 0 Å². The minimum atomic E-state index is -0.618. The van der Waals surface area contributed by atoms with Crippen LogP contribution in [0.3, 0.4) is 0 Å². The second kappa shape index (κ2) is 12.6. The molecule has 0 aliphatic heterocycles. The van der Waals surface area contributed by atoms with Gasteiger partial charge >= 0.3 is 5.69 Å². The summed E-state index contributed by atoms with van der Waals surface area (Å²) in [5.74, 6) is 0.572. The summed E-state index contributed by atoms with van der Waals surface area (Å²) in [5.41, 5.74) is 2.80. The minimum absolute atomic E-state index is 0.0732. The number of hydrogen-bond donors (Lipinski definition) is 0. The van der Waals surface area contributed by atoms with E-state index in [1.54, 1.807) is 31.4 Å². The third-order valence-electron chi connectivity index (χ3n) is 7.06. The zero-order chi connectivity index (χ0) is 31.5. The first-order chi connectivity index (χ1) is 21.1. The van der Waals surface area contributed by atoms with E-state index in [2.05, 4.69) is 5.10 Å². The molecule has 0 spiro atoms. The lowest BCUT2D eigenvalue weighted by atomic mass is 9.96. The highest BCUT2D eigenvalue weighted by atomic mass is 35.5. The molecule has 9 nitrogen and oxygen atoms in total. The fourth-order valence-electron chi connectivity index (χ4n) is 4.82. The third kappa shape index (κ3) is 6.16. The lowest BCUT2D eigenvalue weighted by Crippen LogP contribution is -2.21. The Morgan fingerprint density at radius 2 is 1.84 bits per heavy atom. The number of benzene rings is 4. The zero-order valence-electron chi connectivity index (χ0n) is 24.4. The van der Waals surface area contributed by atoms with E-state index >= 15 is 0 Å². The van der Waals surface area contributed by atoms with Crippen LogP contribution in [0.5, 0.6) is 11.5 Å². The summed E-state index contributed by atoms with van der Waals surface area (Å²) >= 11 is 6.26. The number of methoxy groups -OCH3 is 1. The molecule has 0 aliphatic rings. The monoisotopic (exact) mass is 614 g/mol. The molecule has 0 fully saturated rings. The molecule has 0 saturated heterocycles. The van der Waals surface area contributed by atoms with Gasteiger partial charge in [-0.15, -0.1) is 0 Å². The molecule has 5 aromatic rings. The van der Waals surface area contributed by atoms with Crippen LogP contribution in [0.4, 0.5) is 10.1 Å². The number of nitrogens with zero attached hydrogens (tertiary/aromatic N) is 4. The molecule has 0 saturated carbocycles. The number of aryl methyl sites for hydroxylation is 1. The summed E-state index contributed by atoms with van der Waals surface area (Å²) in [4.78, 5) is 30.0. The number of para-hydroxylation sites is 1. The van der Waals surface area contributed by atoms with Crippen molar-refractivity contribution < 1.29 is 18.8 Å². The summed E-state index contributed by atoms with van der Waals surface area (Å²) < 4.78 is 26.0. The van der Waals surface area contributed by atoms with Gasteiger partial charge < -0.3 is 9.47 Å². The predicted octanol–water partition coefficient (Wildman–Crippen LogP) is 7.67. The number of nitro groups is 1. The third-order valence-corrected chi connectivity index (χ3v) is 7.28.